The van der Waals surface area contributed by atoms with Gasteiger partial charge in [0, 0.05) is 23.6 Å². The van der Waals surface area contributed by atoms with Crippen molar-refractivity contribution in [2.75, 3.05) is 12.4 Å². The average Bonchev–Trinajstić information content (AvgIpc) is 3.10. The Morgan fingerprint density at radius 3 is 2.61 bits per heavy atom. The van der Waals surface area contributed by atoms with Gasteiger partial charge in [-0.25, -0.2) is 9.07 Å². The second kappa shape index (κ2) is 6.31. The lowest BCUT2D eigenvalue weighted by Crippen LogP contribution is -2.12. The van der Waals surface area contributed by atoms with Crippen LogP contribution in [-0.4, -0.2) is 22.8 Å². The lowest BCUT2D eigenvalue weighted by molar-refractivity contribution is 0.102. The van der Waals surface area contributed by atoms with Crippen LogP contribution in [0.1, 0.15) is 10.4 Å². The molecule has 0 saturated heterocycles. The van der Waals surface area contributed by atoms with Crippen LogP contribution >= 0.6 is 0 Å². The molecule has 1 N–H and O–H groups in total. The molecular formula is C17H14FN3O2. The number of ether oxygens (including phenoxy) is 1. The van der Waals surface area contributed by atoms with E-state index < -0.39 is 11.7 Å². The highest BCUT2D eigenvalue weighted by atomic mass is 19.1. The van der Waals surface area contributed by atoms with Crippen LogP contribution in [0.15, 0.2) is 60.9 Å². The van der Waals surface area contributed by atoms with E-state index in [1.807, 2.05) is 24.4 Å². The first kappa shape index (κ1) is 14.8. The van der Waals surface area contributed by atoms with Crippen molar-refractivity contribution in [2.45, 2.75) is 0 Å². The van der Waals surface area contributed by atoms with Gasteiger partial charge in [-0.3, -0.25) is 4.79 Å². The van der Waals surface area contributed by atoms with E-state index in [0.29, 0.717) is 5.69 Å². The van der Waals surface area contributed by atoms with E-state index in [0.717, 1.165) is 11.8 Å². The number of hydrogen-bond acceptors (Lipinski definition) is 3. The van der Waals surface area contributed by atoms with Crippen molar-refractivity contribution < 1.29 is 13.9 Å². The van der Waals surface area contributed by atoms with Gasteiger partial charge in [-0.2, -0.15) is 5.10 Å². The number of benzene rings is 2. The van der Waals surface area contributed by atoms with Crippen LogP contribution < -0.4 is 10.1 Å². The summed E-state index contributed by atoms with van der Waals surface area (Å²) in [6, 6.07) is 13.1. The fourth-order valence-corrected chi connectivity index (χ4v) is 2.13. The molecule has 3 aromatic rings. The van der Waals surface area contributed by atoms with Gasteiger partial charge >= 0.3 is 0 Å². The minimum atomic E-state index is -0.575. The first-order valence-electron chi connectivity index (χ1n) is 6.92. The minimum Gasteiger partial charge on any atom is -0.494 e. The second-order valence-electron chi connectivity index (χ2n) is 4.80. The summed E-state index contributed by atoms with van der Waals surface area (Å²) in [4.78, 5) is 12.1. The van der Waals surface area contributed by atoms with Gasteiger partial charge in [0.1, 0.15) is 0 Å². The molecule has 1 aromatic heterocycles. The lowest BCUT2D eigenvalue weighted by atomic mass is 10.2. The maximum atomic E-state index is 13.6. The highest BCUT2D eigenvalue weighted by Gasteiger charge is 2.10. The molecule has 23 heavy (non-hydrogen) atoms. The van der Waals surface area contributed by atoms with Gasteiger partial charge in [0.05, 0.1) is 12.8 Å². The normalized spacial score (nSPS) is 10.3. The molecule has 0 atom stereocenters. The van der Waals surface area contributed by atoms with Crippen molar-refractivity contribution in [1.82, 2.24) is 9.78 Å². The number of nitrogens with one attached hydrogen (secondary N) is 1. The molecule has 0 unspecified atom stereocenters. The summed E-state index contributed by atoms with van der Waals surface area (Å²) in [5, 5.41) is 6.85. The summed E-state index contributed by atoms with van der Waals surface area (Å²) in [5.41, 5.74) is 1.71. The summed E-state index contributed by atoms with van der Waals surface area (Å²) < 4.78 is 20.2. The molecule has 0 bridgehead atoms. The SMILES string of the molecule is COc1ccc(C(=O)Nc2ccc(-n3cccn3)cc2)cc1F. The molecule has 3 rings (SSSR count). The lowest BCUT2D eigenvalue weighted by Gasteiger charge is -2.08. The molecule has 0 radical (unpaired) electrons. The minimum absolute atomic E-state index is 0.102. The first-order valence-corrected chi connectivity index (χ1v) is 6.92. The van der Waals surface area contributed by atoms with Crippen molar-refractivity contribution >= 4 is 11.6 Å². The number of nitrogens with zero attached hydrogens (tertiary/aromatic N) is 2. The maximum Gasteiger partial charge on any atom is 0.255 e. The Morgan fingerprint density at radius 1 is 1.22 bits per heavy atom. The Hall–Kier alpha value is -3.15. The van der Waals surface area contributed by atoms with Crippen LogP contribution in [0.3, 0.4) is 0 Å². The smallest absolute Gasteiger partial charge is 0.255 e. The van der Waals surface area contributed by atoms with Crippen LogP contribution in [0.2, 0.25) is 0 Å². The summed E-state index contributed by atoms with van der Waals surface area (Å²) in [6.45, 7) is 0. The van der Waals surface area contributed by atoms with Crippen molar-refractivity contribution in [3.63, 3.8) is 0 Å². The molecule has 1 heterocycles. The number of hydrogen-bond donors (Lipinski definition) is 1. The van der Waals surface area contributed by atoms with Gasteiger partial charge in [-0.05, 0) is 48.5 Å². The molecule has 0 spiro atoms. The van der Waals surface area contributed by atoms with Crippen molar-refractivity contribution in [3.8, 4) is 11.4 Å². The molecule has 0 aliphatic rings. The molecule has 0 aliphatic carbocycles. The van der Waals surface area contributed by atoms with Gasteiger partial charge in [-0.1, -0.05) is 0 Å². The number of methoxy groups -OCH3 is 1. The fourth-order valence-electron chi connectivity index (χ4n) is 2.13. The monoisotopic (exact) mass is 311 g/mol. The summed E-state index contributed by atoms with van der Waals surface area (Å²) in [5.74, 6) is -0.863. The Labute approximate surface area is 132 Å². The number of amides is 1. The number of rotatable bonds is 4. The van der Waals surface area contributed by atoms with E-state index in [-0.39, 0.29) is 11.3 Å². The molecule has 0 aliphatic heterocycles. The van der Waals surface area contributed by atoms with Crippen LogP contribution in [-0.2, 0) is 0 Å². The topological polar surface area (TPSA) is 56.1 Å². The van der Waals surface area contributed by atoms with Crippen LogP contribution in [0.4, 0.5) is 10.1 Å². The van der Waals surface area contributed by atoms with E-state index in [1.165, 1.54) is 19.2 Å². The predicted octanol–water partition coefficient (Wildman–Crippen LogP) is 3.27. The third-order valence-electron chi connectivity index (χ3n) is 3.31. The zero-order valence-electron chi connectivity index (χ0n) is 12.4. The number of anilines is 1. The van der Waals surface area contributed by atoms with Crippen molar-refractivity contribution in [3.05, 3.63) is 72.3 Å². The fraction of sp³-hybridized carbons (Fsp3) is 0.0588. The van der Waals surface area contributed by atoms with Gasteiger partial charge < -0.3 is 10.1 Å². The standard InChI is InChI=1S/C17H14FN3O2/c1-23-16-8-3-12(11-15(16)18)17(22)20-13-4-6-14(7-5-13)21-10-2-9-19-21/h2-11H,1H3,(H,20,22). The van der Waals surface area contributed by atoms with Gasteiger partial charge in [-0.15, -0.1) is 0 Å². The maximum absolute atomic E-state index is 13.6. The van der Waals surface area contributed by atoms with Crippen LogP contribution in [0, 0.1) is 5.82 Å². The van der Waals surface area contributed by atoms with E-state index in [9.17, 15) is 9.18 Å². The van der Waals surface area contributed by atoms with Crippen molar-refractivity contribution in [2.24, 2.45) is 0 Å². The number of aromatic nitrogens is 2. The highest BCUT2D eigenvalue weighted by molar-refractivity contribution is 6.04. The second-order valence-corrected chi connectivity index (χ2v) is 4.80. The van der Waals surface area contributed by atoms with Gasteiger partial charge in [0.15, 0.2) is 11.6 Å². The highest BCUT2D eigenvalue weighted by Crippen LogP contribution is 2.19. The van der Waals surface area contributed by atoms with E-state index in [2.05, 4.69) is 10.4 Å². The summed E-state index contributed by atoms with van der Waals surface area (Å²) in [7, 11) is 1.37. The van der Waals surface area contributed by atoms with E-state index in [1.54, 1.807) is 23.0 Å². The predicted molar refractivity (Wildman–Crippen MR) is 84.5 cm³/mol. The zero-order valence-corrected chi connectivity index (χ0v) is 12.4. The third kappa shape index (κ3) is 3.21. The molecule has 2 aromatic carbocycles. The largest absolute Gasteiger partial charge is 0.494 e. The van der Waals surface area contributed by atoms with Crippen LogP contribution in [0.25, 0.3) is 5.69 Å². The van der Waals surface area contributed by atoms with Gasteiger partial charge in [0.2, 0.25) is 0 Å². The Kier molecular flexibility index (Phi) is 4.05. The van der Waals surface area contributed by atoms with E-state index >= 15 is 0 Å². The quantitative estimate of drug-likeness (QED) is 0.804. The summed E-state index contributed by atoms with van der Waals surface area (Å²) >= 11 is 0. The molecular weight excluding hydrogens is 297 g/mol. The Balaban J connectivity index is 1.74. The Morgan fingerprint density at radius 2 is 2.00 bits per heavy atom. The molecule has 0 saturated carbocycles. The summed E-state index contributed by atoms with van der Waals surface area (Å²) in [6.07, 6.45) is 3.52. The van der Waals surface area contributed by atoms with Gasteiger partial charge in [0.25, 0.3) is 5.91 Å². The number of carbonyl (C=O) groups is 1. The first-order chi connectivity index (χ1) is 11.2. The van der Waals surface area contributed by atoms with Crippen LogP contribution in [0.5, 0.6) is 5.75 Å². The average molecular weight is 311 g/mol. The molecule has 1 amide bonds. The zero-order chi connectivity index (χ0) is 16.2. The molecule has 0 fully saturated rings. The molecule has 116 valence electrons. The third-order valence-corrected chi connectivity index (χ3v) is 3.31. The van der Waals surface area contributed by atoms with E-state index in [4.69, 9.17) is 4.74 Å². The Bertz CT molecular complexity index is 814. The molecule has 6 heteroatoms. The number of halogens is 1. The van der Waals surface area contributed by atoms with Crippen molar-refractivity contribution in [1.29, 1.82) is 0 Å². The molecule has 5 nitrogen and oxygen atoms in total. The number of carbonyl (C=O) groups excluding carboxylic acids is 1.